The van der Waals surface area contributed by atoms with Crippen LogP contribution in [0.2, 0.25) is 0 Å². The summed E-state index contributed by atoms with van der Waals surface area (Å²) in [6.45, 7) is 6.61. The molecule has 0 bridgehead atoms. The van der Waals surface area contributed by atoms with Gasteiger partial charge in [0.05, 0.1) is 6.10 Å². The number of rotatable bonds is 3. The molecule has 1 atom stereocenters. The maximum absolute atomic E-state index is 9.97. The standard InChI is InChI=1S/C13H19IO/c1-13(2,3)9-8-12(15)10-4-6-11(14)7-5-10/h4-7,12,15H,8-9H2,1-3H3. The van der Waals surface area contributed by atoms with Gasteiger partial charge in [-0.15, -0.1) is 0 Å². The molecule has 0 radical (unpaired) electrons. The van der Waals surface area contributed by atoms with Crippen LogP contribution in [0.4, 0.5) is 0 Å². The quantitative estimate of drug-likeness (QED) is 0.830. The van der Waals surface area contributed by atoms with Crippen molar-refractivity contribution < 1.29 is 5.11 Å². The molecule has 1 nitrogen and oxygen atoms in total. The minimum Gasteiger partial charge on any atom is -0.388 e. The minimum absolute atomic E-state index is 0.296. The van der Waals surface area contributed by atoms with E-state index in [1.165, 1.54) is 3.57 Å². The second kappa shape index (κ2) is 5.30. The average Bonchev–Trinajstić information content (AvgIpc) is 2.14. The summed E-state index contributed by atoms with van der Waals surface area (Å²) in [5.41, 5.74) is 1.32. The monoisotopic (exact) mass is 318 g/mol. The van der Waals surface area contributed by atoms with Gasteiger partial charge in [-0.3, -0.25) is 0 Å². The molecule has 15 heavy (non-hydrogen) atoms. The highest BCUT2D eigenvalue weighted by Crippen LogP contribution is 2.27. The number of benzene rings is 1. The Morgan fingerprint density at radius 2 is 1.73 bits per heavy atom. The molecule has 1 rings (SSSR count). The van der Waals surface area contributed by atoms with Crippen molar-refractivity contribution in [2.75, 3.05) is 0 Å². The van der Waals surface area contributed by atoms with Crippen LogP contribution in [0.3, 0.4) is 0 Å². The van der Waals surface area contributed by atoms with Gasteiger partial charge in [-0.2, -0.15) is 0 Å². The molecule has 0 amide bonds. The van der Waals surface area contributed by atoms with Crippen LogP contribution in [0.15, 0.2) is 24.3 Å². The molecule has 0 aromatic heterocycles. The summed E-state index contributed by atoms with van der Waals surface area (Å²) in [6, 6.07) is 8.09. The van der Waals surface area contributed by atoms with E-state index in [1.807, 2.05) is 24.3 Å². The van der Waals surface area contributed by atoms with Crippen LogP contribution in [0.1, 0.15) is 45.3 Å². The second-order valence-electron chi connectivity index (χ2n) is 5.17. The van der Waals surface area contributed by atoms with Crippen LogP contribution < -0.4 is 0 Å². The third-order valence-electron chi connectivity index (χ3n) is 2.42. The van der Waals surface area contributed by atoms with Crippen molar-refractivity contribution in [3.8, 4) is 0 Å². The summed E-state index contributed by atoms with van der Waals surface area (Å²) in [6.07, 6.45) is 1.56. The van der Waals surface area contributed by atoms with E-state index in [9.17, 15) is 5.11 Å². The molecular weight excluding hydrogens is 299 g/mol. The zero-order valence-electron chi connectivity index (χ0n) is 9.63. The van der Waals surface area contributed by atoms with E-state index in [-0.39, 0.29) is 6.10 Å². The first kappa shape index (κ1) is 13.0. The fraction of sp³-hybridized carbons (Fsp3) is 0.538. The van der Waals surface area contributed by atoms with Gasteiger partial charge in [-0.25, -0.2) is 0 Å². The molecule has 0 spiro atoms. The third kappa shape index (κ3) is 4.98. The first-order valence-corrected chi connectivity index (χ1v) is 6.40. The van der Waals surface area contributed by atoms with E-state index >= 15 is 0 Å². The number of hydrogen-bond acceptors (Lipinski definition) is 1. The molecule has 0 saturated heterocycles. The van der Waals surface area contributed by atoms with Crippen molar-refractivity contribution >= 4 is 22.6 Å². The molecule has 0 aliphatic heterocycles. The van der Waals surface area contributed by atoms with E-state index < -0.39 is 0 Å². The van der Waals surface area contributed by atoms with Crippen LogP contribution in [0.25, 0.3) is 0 Å². The second-order valence-corrected chi connectivity index (χ2v) is 6.41. The lowest BCUT2D eigenvalue weighted by molar-refractivity contribution is 0.147. The molecule has 0 aliphatic carbocycles. The Bertz CT molecular complexity index is 297. The minimum atomic E-state index is -0.318. The Morgan fingerprint density at radius 3 is 2.20 bits per heavy atom. The lowest BCUT2D eigenvalue weighted by Crippen LogP contribution is -2.08. The Morgan fingerprint density at radius 1 is 1.20 bits per heavy atom. The number of hydrogen-bond donors (Lipinski definition) is 1. The molecule has 0 heterocycles. The fourth-order valence-corrected chi connectivity index (χ4v) is 1.78. The van der Waals surface area contributed by atoms with E-state index in [2.05, 4.69) is 43.4 Å². The van der Waals surface area contributed by atoms with Gasteiger partial charge in [-0.05, 0) is 58.5 Å². The Hall–Kier alpha value is -0.0900. The van der Waals surface area contributed by atoms with Gasteiger partial charge in [0.1, 0.15) is 0 Å². The molecule has 0 aliphatic rings. The number of aliphatic hydroxyl groups excluding tert-OH is 1. The summed E-state index contributed by atoms with van der Waals surface area (Å²) in [7, 11) is 0. The summed E-state index contributed by atoms with van der Waals surface area (Å²) in [5, 5.41) is 9.97. The zero-order chi connectivity index (χ0) is 11.5. The molecule has 84 valence electrons. The Labute approximate surface area is 106 Å². The first-order chi connectivity index (χ1) is 6.88. The van der Waals surface area contributed by atoms with E-state index in [0.29, 0.717) is 5.41 Å². The van der Waals surface area contributed by atoms with Crippen LogP contribution in [-0.4, -0.2) is 5.11 Å². The molecule has 1 unspecified atom stereocenters. The lowest BCUT2D eigenvalue weighted by atomic mass is 9.88. The van der Waals surface area contributed by atoms with Gasteiger partial charge < -0.3 is 5.11 Å². The summed E-state index contributed by atoms with van der Waals surface area (Å²) < 4.78 is 1.21. The van der Waals surface area contributed by atoms with Crippen molar-refractivity contribution in [1.82, 2.24) is 0 Å². The van der Waals surface area contributed by atoms with Crippen molar-refractivity contribution in [1.29, 1.82) is 0 Å². The van der Waals surface area contributed by atoms with Crippen molar-refractivity contribution in [2.45, 2.75) is 39.7 Å². The van der Waals surface area contributed by atoms with Crippen LogP contribution >= 0.6 is 22.6 Å². The predicted octanol–water partition coefficient (Wildman–Crippen LogP) is 4.15. The molecule has 0 fully saturated rings. The topological polar surface area (TPSA) is 20.2 Å². The molecule has 1 aromatic carbocycles. The molecule has 1 N–H and O–H groups in total. The van der Waals surface area contributed by atoms with Gasteiger partial charge in [-0.1, -0.05) is 32.9 Å². The van der Waals surface area contributed by atoms with E-state index in [0.717, 1.165) is 18.4 Å². The molecule has 2 heteroatoms. The van der Waals surface area contributed by atoms with Gasteiger partial charge in [0.15, 0.2) is 0 Å². The van der Waals surface area contributed by atoms with Crippen LogP contribution in [0, 0.1) is 8.99 Å². The zero-order valence-corrected chi connectivity index (χ0v) is 11.8. The summed E-state index contributed by atoms with van der Waals surface area (Å²) in [4.78, 5) is 0. The smallest absolute Gasteiger partial charge is 0.0790 e. The lowest BCUT2D eigenvalue weighted by Gasteiger charge is -2.20. The molecule has 1 aromatic rings. The number of halogens is 1. The van der Waals surface area contributed by atoms with Crippen LogP contribution in [-0.2, 0) is 0 Å². The maximum atomic E-state index is 9.97. The van der Waals surface area contributed by atoms with Gasteiger partial charge >= 0.3 is 0 Å². The van der Waals surface area contributed by atoms with Crippen molar-refractivity contribution in [2.24, 2.45) is 5.41 Å². The van der Waals surface area contributed by atoms with Crippen molar-refractivity contribution in [3.05, 3.63) is 33.4 Å². The van der Waals surface area contributed by atoms with Gasteiger partial charge in [0, 0.05) is 3.57 Å². The highest BCUT2D eigenvalue weighted by atomic mass is 127. The summed E-state index contributed by atoms with van der Waals surface area (Å²) in [5.74, 6) is 0. The van der Waals surface area contributed by atoms with Gasteiger partial charge in [0.2, 0.25) is 0 Å². The fourth-order valence-electron chi connectivity index (χ4n) is 1.42. The third-order valence-corrected chi connectivity index (χ3v) is 3.14. The molecule has 0 saturated carbocycles. The SMILES string of the molecule is CC(C)(C)CCC(O)c1ccc(I)cc1. The van der Waals surface area contributed by atoms with E-state index in [1.54, 1.807) is 0 Å². The molecular formula is C13H19IO. The van der Waals surface area contributed by atoms with Gasteiger partial charge in [0.25, 0.3) is 0 Å². The average molecular weight is 318 g/mol. The van der Waals surface area contributed by atoms with Crippen molar-refractivity contribution in [3.63, 3.8) is 0 Å². The number of aliphatic hydroxyl groups is 1. The first-order valence-electron chi connectivity index (χ1n) is 5.32. The Balaban J connectivity index is 2.54. The normalized spacial score (nSPS) is 13.9. The maximum Gasteiger partial charge on any atom is 0.0790 e. The largest absolute Gasteiger partial charge is 0.388 e. The summed E-state index contributed by atoms with van der Waals surface area (Å²) >= 11 is 2.27. The van der Waals surface area contributed by atoms with E-state index in [4.69, 9.17) is 0 Å². The Kier molecular flexibility index (Phi) is 4.59. The highest BCUT2D eigenvalue weighted by Gasteiger charge is 2.14. The van der Waals surface area contributed by atoms with Crippen LogP contribution in [0.5, 0.6) is 0 Å². The predicted molar refractivity (Wildman–Crippen MR) is 72.8 cm³/mol. The highest BCUT2D eigenvalue weighted by molar-refractivity contribution is 14.1.